The van der Waals surface area contributed by atoms with Crippen molar-refractivity contribution in [3.05, 3.63) is 35.9 Å². The van der Waals surface area contributed by atoms with E-state index in [2.05, 4.69) is 0 Å². The summed E-state index contributed by atoms with van der Waals surface area (Å²) >= 11 is 0. The molecule has 1 aromatic carbocycles. The lowest BCUT2D eigenvalue weighted by Crippen LogP contribution is -2.61. The number of carbonyl (C=O) groups excluding carboxylic acids is 1. The number of carbonyl (C=O) groups is 1. The molecule has 1 aromatic rings. The van der Waals surface area contributed by atoms with Crippen molar-refractivity contribution in [3.8, 4) is 0 Å². The molecule has 5 atom stereocenters. The average molecular weight is 283 g/mol. The summed E-state index contributed by atoms with van der Waals surface area (Å²) in [6, 6.07) is 9.09. The molecule has 0 aromatic heterocycles. The van der Waals surface area contributed by atoms with Crippen LogP contribution >= 0.6 is 0 Å². The highest BCUT2D eigenvalue weighted by Crippen LogP contribution is 2.23. The third-order valence-electron chi connectivity index (χ3n) is 3.13. The van der Waals surface area contributed by atoms with Crippen molar-refractivity contribution in [1.29, 1.82) is 0 Å². The van der Waals surface area contributed by atoms with Gasteiger partial charge >= 0.3 is 0 Å². The number of ether oxygens (including phenoxy) is 2. The molecule has 1 heterocycles. The molecule has 1 saturated heterocycles. The Morgan fingerprint density at radius 1 is 1.20 bits per heavy atom. The van der Waals surface area contributed by atoms with E-state index in [-0.39, 0.29) is 6.61 Å². The van der Waals surface area contributed by atoms with E-state index in [1.54, 1.807) is 12.1 Å². The summed E-state index contributed by atoms with van der Waals surface area (Å²) in [5, 5.41) is 29.2. The molecule has 0 saturated carbocycles. The number of aliphatic hydroxyl groups excluding tert-OH is 3. The average Bonchev–Trinajstić information content (AvgIpc) is 2.43. The summed E-state index contributed by atoms with van der Waals surface area (Å²) < 4.78 is 10.2. The molecule has 0 bridgehead atoms. The Balaban J connectivity index is 2.05. The molecular formula is C13H17NO6. The summed E-state index contributed by atoms with van der Waals surface area (Å²) in [4.78, 5) is 11.1. The molecule has 5 N–H and O–H groups in total. The fourth-order valence-corrected chi connectivity index (χ4v) is 2.05. The molecule has 0 radical (unpaired) electrons. The van der Waals surface area contributed by atoms with Gasteiger partial charge in [-0.1, -0.05) is 30.3 Å². The van der Waals surface area contributed by atoms with E-state index in [0.29, 0.717) is 0 Å². The molecule has 1 fully saturated rings. The van der Waals surface area contributed by atoms with Gasteiger partial charge in [0.05, 0.1) is 6.61 Å². The molecule has 7 nitrogen and oxygen atoms in total. The lowest BCUT2D eigenvalue weighted by Gasteiger charge is -2.39. The summed E-state index contributed by atoms with van der Waals surface area (Å²) in [6.45, 7) is 0.109. The summed E-state index contributed by atoms with van der Waals surface area (Å²) in [5.74, 6) is -0.934. The maximum Gasteiger partial charge on any atom is 0.249 e. The third-order valence-corrected chi connectivity index (χ3v) is 3.13. The van der Waals surface area contributed by atoms with Crippen molar-refractivity contribution >= 4 is 5.91 Å². The topological polar surface area (TPSA) is 122 Å². The van der Waals surface area contributed by atoms with Crippen LogP contribution in [0.5, 0.6) is 0 Å². The zero-order chi connectivity index (χ0) is 14.7. The van der Waals surface area contributed by atoms with Crippen LogP contribution in [0.15, 0.2) is 30.3 Å². The Morgan fingerprint density at radius 2 is 1.85 bits per heavy atom. The van der Waals surface area contributed by atoms with E-state index in [1.807, 2.05) is 18.2 Å². The SMILES string of the molecule is NC(=O)[C@@H]1OC(O)[C@H](O)[C@@H](OCc2ccccc2)[C@@H]1O. The van der Waals surface area contributed by atoms with E-state index in [0.717, 1.165) is 5.56 Å². The number of amides is 1. The largest absolute Gasteiger partial charge is 0.387 e. The Hall–Kier alpha value is -1.51. The number of hydrogen-bond acceptors (Lipinski definition) is 6. The van der Waals surface area contributed by atoms with Crippen molar-refractivity contribution < 1.29 is 29.6 Å². The van der Waals surface area contributed by atoms with Crippen molar-refractivity contribution in [2.75, 3.05) is 0 Å². The number of rotatable bonds is 4. The van der Waals surface area contributed by atoms with Gasteiger partial charge in [0.15, 0.2) is 12.4 Å². The van der Waals surface area contributed by atoms with Gasteiger partial charge in [0.25, 0.3) is 0 Å². The van der Waals surface area contributed by atoms with E-state index in [9.17, 15) is 20.1 Å². The molecule has 1 aliphatic heterocycles. The van der Waals surface area contributed by atoms with Crippen LogP contribution < -0.4 is 5.73 Å². The smallest absolute Gasteiger partial charge is 0.249 e. The van der Waals surface area contributed by atoms with Gasteiger partial charge in [-0.15, -0.1) is 0 Å². The van der Waals surface area contributed by atoms with Crippen LogP contribution in [0.3, 0.4) is 0 Å². The first-order valence-corrected chi connectivity index (χ1v) is 6.15. The van der Waals surface area contributed by atoms with Crippen LogP contribution in [-0.2, 0) is 20.9 Å². The highest BCUT2D eigenvalue weighted by atomic mass is 16.6. The Kier molecular flexibility index (Phi) is 4.69. The maximum absolute atomic E-state index is 11.1. The molecule has 110 valence electrons. The lowest BCUT2D eigenvalue weighted by molar-refractivity contribution is -0.285. The van der Waals surface area contributed by atoms with Crippen molar-refractivity contribution in [2.45, 2.75) is 37.3 Å². The first-order valence-electron chi connectivity index (χ1n) is 6.15. The van der Waals surface area contributed by atoms with E-state index < -0.39 is 36.6 Å². The van der Waals surface area contributed by atoms with E-state index in [4.69, 9.17) is 15.2 Å². The lowest BCUT2D eigenvalue weighted by atomic mass is 9.98. The predicted octanol–water partition coefficient (Wildman–Crippen LogP) is -1.50. The van der Waals surface area contributed by atoms with Gasteiger partial charge in [-0.3, -0.25) is 4.79 Å². The monoisotopic (exact) mass is 283 g/mol. The predicted molar refractivity (Wildman–Crippen MR) is 67.1 cm³/mol. The zero-order valence-electron chi connectivity index (χ0n) is 10.6. The quantitative estimate of drug-likeness (QED) is 0.533. The fraction of sp³-hybridized carbons (Fsp3) is 0.462. The Labute approximate surface area is 115 Å². The van der Waals surface area contributed by atoms with Gasteiger partial charge < -0.3 is 30.5 Å². The van der Waals surface area contributed by atoms with Crippen molar-refractivity contribution in [3.63, 3.8) is 0 Å². The van der Waals surface area contributed by atoms with E-state index >= 15 is 0 Å². The van der Waals surface area contributed by atoms with Crippen LogP contribution in [0.1, 0.15) is 5.56 Å². The highest BCUT2D eigenvalue weighted by molar-refractivity contribution is 5.79. The molecule has 0 spiro atoms. The van der Waals surface area contributed by atoms with Crippen molar-refractivity contribution in [1.82, 2.24) is 0 Å². The minimum absolute atomic E-state index is 0.109. The zero-order valence-corrected chi connectivity index (χ0v) is 10.6. The highest BCUT2D eigenvalue weighted by Gasteiger charge is 2.46. The second-order valence-electron chi connectivity index (χ2n) is 4.59. The van der Waals surface area contributed by atoms with Gasteiger partial charge in [0, 0.05) is 0 Å². The first kappa shape index (κ1) is 14.9. The second kappa shape index (κ2) is 6.29. The fourth-order valence-electron chi connectivity index (χ4n) is 2.05. The molecule has 7 heteroatoms. The number of aliphatic hydroxyl groups is 3. The molecule has 1 amide bonds. The van der Waals surface area contributed by atoms with Crippen LogP contribution in [-0.4, -0.2) is 51.9 Å². The van der Waals surface area contributed by atoms with Crippen LogP contribution in [0.2, 0.25) is 0 Å². The Bertz CT molecular complexity index is 453. The maximum atomic E-state index is 11.1. The van der Waals surface area contributed by atoms with Gasteiger partial charge in [0.2, 0.25) is 5.91 Å². The minimum atomic E-state index is -1.64. The number of benzene rings is 1. The first-order chi connectivity index (χ1) is 9.50. The standard InChI is InChI=1S/C13H17NO6/c14-12(17)11-8(15)10(9(16)13(18)20-11)19-6-7-4-2-1-3-5-7/h1-5,8-11,13,15-16,18H,6H2,(H2,14,17)/t8-,9+,10-,11+,13?/m0/s1. The summed E-state index contributed by atoms with van der Waals surface area (Å²) in [5.41, 5.74) is 5.89. The summed E-state index contributed by atoms with van der Waals surface area (Å²) in [6.07, 6.45) is -7.15. The van der Waals surface area contributed by atoms with Gasteiger partial charge in [0.1, 0.15) is 18.3 Å². The van der Waals surface area contributed by atoms with Gasteiger partial charge in [-0.25, -0.2) is 0 Å². The van der Waals surface area contributed by atoms with Gasteiger partial charge in [-0.2, -0.15) is 0 Å². The number of primary amides is 1. The normalized spacial score (nSPS) is 33.9. The molecule has 2 rings (SSSR count). The van der Waals surface area contributed by atoms with Crippen LogP contribution in [0.25, 0.3) is 0 Å². The molecule has 1 aliphatic rings. The molecular weight excluding hydrogens is 266 g/mol. The number of hydrogen-bond donors (Lipinski definition) is 4. The molecule has 1 unspecified atom stereocenters. The Morgan fingerprint density at radius 3 is 2.45 bits per heavy atom. The molecule has 20 heavy (non-hydrogen) atoms. The van der Waals surface area contributed by atoms with E-state index in [1.165, 1.54) is 0 Å². The van der Waals surface area contributed by atoms with Crippen LogP contribution in [0, 0.1) is 0 Å². The third kappa shape index (κ3) is 3.14. The van der Waals surface area contributed by atoms with Gasteiger partial charge in [-0.05, 0) is 5.56 Å². The second-order valence-corrected chi connectivity index (χ2v) is 4.59. The number of nitrogens with two attached hydrogens (primary N) is 1. The van der Waals surface area contributed by atoms with Crippen molar-refractivity contribution in [2.24, 2.45) is 5.73 Å². The minimum Gasteiger partial charge on any atom is -0.387 e. The molecule has 0 aliphatic carbocycles. The van der Waals surface area contributed by atoms with Crippen LogP contribution in [0.4, 0.5) is 0 Å². The summed E-state index contributed by atoms with van der Waals surface area (Å²) in [7, 11) is 0.